The first kappa shape index (κ1) is 16.9. The maximum Gasteiger partial charge on any atom is 0.0500 e. The van der Waals surface area contributed by atoms with E-state index in [2.05, 4.69) is 70.8 Å². The summed E-state index contributed by atoms with van der Waals surface area (Å²) in [4.78, 5) is 5.13. The van der Waals surface area contributed by atoms with Crippen LogP contribution in [0.2, 0.25) is 0 Å². The maximum absolute atomic E-state index is 6.46. The Kier molecular flexibility index (Phi) is 6.23. The number of rotatable bonds is 5. The Morgan fingerprint density at radius 1 is 1.24 bits per heavy atom. The van der Waals surface area contributed by atoms with Crippen LogP contribution in [0.25, 0.3) is 0 Å². The molecule has 1 fully saturated rings. The van der Waals surface area contributed by atoms with Gasteiger partial charge in [-0.3, -0.25) is 9.80 Å². The van der Waals surface area contributed by atoms with Gasteiger partial charge < -0.3 is 5.73 Å². The van der Waals surface area contributed by atoms with Crippen LogP contribution in [0.4, 0.5) is 0 Å². The predicted molar refractivity (Wildman–Crippen MR) is 93.4 cm³/mol. The molecule has 0 saturated carbocycles. The molecule has 2 N–H and O–H groups in total. The second kappa shape index (κ2) is 7.73. The summed E-state index contributed by atoms with van der Waals surface area (Å²) in [5.74, 6) is 0. The summed E-state index contributed by atoms with van der Waals surface area (Å²) in [7, 11) is 0. The molecular formula is C17H28BrN3. The van der Waals surface area contributed by atoms with E-state index in [1.807, 2.05) is 0 Å². The molecule has 0 amide bonds. The third kappa shape index (κ3) is 4.07. The van der Waals surface area contributed by atoms with Crippen LogP contribution in [0, 0.1) is 0 Å². The monoisotopic (exact) mass is 353 g/mol. The first-order chi connectivity index (χ1) is 10.1. The van der Waals surface area contributed by atoms with E-state index >= 15 is 0 Å². The smallest absolute Gasteiger partial charge is 0.0500 e. The van der Waals surface area contributed by atoms with Gasteiger partial charge in [0.2, 0.25) is 0 Å². The molecule has 1 aromatic carbocycles. The van der Waals surface area contributed by atoms with Crippen molar-refractivity contribution in [2.75, 3.05) is 26.2 Å². The fourth-order valence-corrected chi connectivity index (χ4v) is 3.62. The number of halogens is 1. The van der Waals surface area contributed by atoms with Crippen LogP contribution in [0.15, 0.2) is 28.7 Å². The zero-order chi connectivity index (χ0) is 15.4. The van der Waals surface area contributed by atoms with Gasteiger partial charge in [0.1, 0.15) is 0 Å². The van der Waals surface area contributed by atoms with E-state index in [9.17, 15) is 0 Å². The summed E-state index contributed by atoms with van der Waals surface area (Å²) in [6, 6.07) is 9.77. The molecule has 2 rings (SSSR count). The Morgan fingerprint density at radius 3 is 2.43 bits per heavy atom. The second-order valence-electron chi connectivity index (χ2n) is 6.04. The number of hydrogen-bond donors (Lipinski definition) is 1. The molecule has 0 bridgehead atoms. The molecule has 3 unspecified atom stereocenters. The van der Waals surface area contributed by atoms with Gasteiger partial charge in [-0.15, -0.1) is 0 Å². The number of nitrogens with two attached hydrogens (primary N) is 1. The van der Waals surface area contributed by atoms with E-state index in [-0.39, 0.29) is 6.04 Å². The fraction of sp³-hybridized carbons (Fsp3) is 0.647. The predicted octanol–water partition coefficient (Wildman–Crippen LogP) is 3.25. The first-order valence-corrected chi connectivity index (χ1v) is 8.85. The van der Waals surface area contributed by atoms with Gasteiger partial charge in [-0.05, 0) is 37.6 Å². The average molecular weight is 354 g/mol. The number of likely N-dealkylation sites (N-methyl/N-ethyl adjacent to an activating group) is 1. The van der Waals surface area contributed by atoms with Gasteiger partial charge in [-0.25, -0.2) is 0 Å². The molecule has 118 valence electrons. The van der Waals surface area contributed by atoms with Crippen LogP contribution in [-0.4, -0.2) is 48.1 Å². The van der Waals surface area contributed by atoms with Crippen molar-refractivity contribution in [2.45, 2.75) is 45.3 Å². The van der Waals surface area contributed by atoms with Crippen molar-refractivity contribution in [1.82, 2.24) is 9.80 Å². The lowest BCUT2D eigenvalue weighted by molar-refractivity contribution is 0.0493. The zero-order valence-corrected chi connectivity index (χ0v) is 15.0. The standard InChI is InChI=1S/C17H28BrN3/c1-4-16(19)17(14-6-8-15(18)9-7-14)21-11-10-20(5-2)13(3)12-21/h6-9,13,16-17H,4-5,10-12,19H2,1-3H3. The Labute approximate surface area is 137 Å². The summed E-state index contributed by atoms with van der Waals surface area (Å²) in [5.41, 5.74) is 7.80. The van der Waals surface area contributed by atoms with Crippen molar-refractivity contribution in [3.8, 4) is 0 Å². The van der Waals surface area contributed by atoms with Crippen molar-refractivity contribution in [3.05, 3.63) is 34.3 Å². The third-order valence-corrected chi connectivity index (χ3v) is 5.21. The molecule has 1 aliphatic heterocycles. The summed E-state index contributed by atoms with van der Waals surface area (Å²) in [6.45, 7) is 11.2. The van der Waals surface area contributed by atoms with Crippen LogP contribution in [0.1, 0.15) is 38.8 Å². The van der Waals surface area contributed by atoms with E-state index in [0.717, 1.165) is 37.1 Å². The largest absolute Gasteiger partial charge is 0.326 e. The highest BCUT2D eigenvalue weighted by Crippen LogP contribution is 2.28. The van der Waals surface area contributed by atoms with E-state index in [4.69, 9.17) is 5.73 Å². The van der Waals surface area contributed by atoms with E-state index in [1.165, 1.54) is 5.56 Å². The lowest BCUT2D eigenvalue weighted by Crippen LogP contribution is -2.55. The molecule has 3 atom stereocenters. The molecule has 0 spiro atoms. The minimum absolute atomic E-state index is 0.187. The highest BCUT2D eigenvalue weighted by molar-refractivity contribution is 9.10. The van der Waals surface area contributed by atoms with Crippen LogP contribution < -0.4 is 5.73 Å². The lowest BCUT2D eigenvalue weighted by atomic mass is 9.95. The molecule has 4 heteroatoms. The van der Waals surface area contributed by atoms with Crippen LogP contribution in [0.3, 0.4) is 0 Å². The molecule has 3 nitrogen and oxygen atoms in total. The topological polar surface area (TPSA) is 32.5 Å². The lowest BCUT2D eigenvalue weighted by Gasteiger charge is -2.44. The highest BCUT2D eigenvalue weighted by atomic mass is 79.9. The van der Waals surface area contributed by atoms with E-state index in [1.54, 1.807) is 0 Å². The van der Waals surface area contributed by atoms with E-state index < -0.39 is 0 Å². The minimum atomic E-state index is 0.187. The van der Waals surface area contributed by atoms with Crippen LogP contribution >= 0.6 is 15.9 Å². The molecule has 0 aromatic heterocycles. The summed E-state index contributed by atoms with van der Waals surface area (Å²) >= 11 is 3.52. The van der Waals surface area contributed by atoms with Gasteiger partial charge >= 0.3 is 0 Å². The molecule has 0 aliphatic carbocycles. The van der Waals surface area contributed by atoms with Gasteiger partial charge in [0.15, 0.2) is 0 Å². The van der Waals surface area contributed by atoms with Gasteiger partial charge in [0, 0.05) is 42.2 Å². The van der Waals surface area contributed by atoms with Crippen molar-refractivity contribution < 1.29 is 0 Å². The van der Waals surface area contributed by atoms with E-state index in [0.29, 0.717) is 12.1 Å². The van der Waals surface area contributed by atoms with Crippen molar-refractivity contribution in [3.63, 3.8) is 0 Å². The van der Waals surface area contributed by atoms with Gasteiger partial charge in [-0.1, -0.05) is 41.9 Å². The maximum atomic E-state index is 6.46. The van der Waals surface area contributed by atoms with Crippen molar-refractivity contribution in [2.24, 2.45) is 5.73 Å². The molecule has 1 aliphatic rings. The molecule has 1 heterocycles. The Hall–Kier alpha value is -0.420. The quantitative estimate of drug-likeness (QED) is 0.881. The second-order valence-corrected chi connectivity index (χ2v) is 6.96. The Bertz CT molecular complexity index is 434. The minimum Gasteiger partial charge on any atom is -0.326 e. The Morgan fingerprint density at radius 2 is 1.90 bits per heavy atom. The normalized spacial score (nSPS) is 24.0. The van der Waals surface area contributed by atoms with Crippen LogP contribution in [-0.2, 0) is 0 Å². The van der Waals surface area contributed by atoms with Gasteiger partial charge in [-0.2, -0.15) is 0 Å². The average Bonchev–Trinajstić information content (AvgIpc) is 2.49. The number of piperazine rings is 1. The Balaban J connectivity index is 2.19. The number of benzene rings is 1. The summed E-state index contributed by atoms with van der Waals surface area (Å²) < 4.78 is 1.12. The SMILES string of the molecule is CCC(N)C(c1ccc(Br)cc1)N1CCN(CC)C(C)C1. The molecule has 1 aromatic rings. The highest BCUT2D eigenvalue weighted by Gasteiger charge is 2.31. The van der Waals surface area contributed by atoms with Crippen molar-refractivity contribution >= 4 is 15.9 Å². The third-order valence-electron chi connectivity index (χ3n) is 4.68. The van der Waals surface area contributed by atoms with Gasteiger partial charge in [0.05, 0.1) is 0 Å². The molecule has 21 heavy (non-hydrogen) atoms. The number of nitrogens with zero attached hydrogens (tertiary/aromatic N) is 2. The molecule has 0 radical (unpaired) electrons. The summed E-state index contributed by atoms with van der Waals surface area (Å²) in [5, 5.41) is 0. The van der Waals surface area contributed by atoms with Crippen LogP contribution in [0.5, 0.6) is 0 Å². The molecule has 1 saturated heterocycles. The fourth-order valence-electron chi connectivity index (χ4n) is 3.36. The molecular weight excluding hydrogens is 326 g/mol. The number of hydrogen-bond acceptors (Lipinski definition) is 3. The van der Waals surface area contributed by atoms with Crippen molar-refractivity contribution in [1.29, 1.82) is 0 Å². The van der Waals surface area contributed by atoms with Gasteiger partial charge in [0.25, 0.3) is 0 Å². The first-order valence-electron chi connectivity index (χ1n) is 8.06. The zero-order valence-electron chi connectivity index (χ0n) is 13.4. The summed E-state index contributed by atoms with van der Waals surface area (Å²) in [6.07, 6.45) is 1.00.